The van der Waals surface area contributed by atoms with E-state index in [1.54, 1.807) is 17.6 Å². The maximum Gasteiger partial charge on any atom is 0.240 e. The molecule has 1 rings (SSSR count). The van der Waals surface area contributed by atoms with Crippen LogP contribution in [0.4, 0.5) is 0 Å². The molecule has 1 N–H and O–H groups in total. The molecule has 0 fully saturated rings. The lowest BCUT2D eigenvalue weighted by atomic mass is 10.1. The van der Waals surface area contributed by atoms with E-state index in [-0.39, 0.29) is 5.91 Å². The predicted octanol–water partition coefficient (Wildman–Crippen LogP) is 5.43. The maximum absolute atomic E-state index is 11.6. The molecule has 0 aliphatic heterocycles. The Labute approximate surface area is 139 Å². The summed E-state index contributed by atoms with van der Waals surface area (Å²) < 4.78 is 0. The zero-order valence-electron chi connectivity index (χ0n) is 14.1. The molecule has 1 aromatic rings. The van der Waals surface area contributed by atoms with Crippen LogP contribution in [0.3, 0.4) is 0 Å². The van der Waals surface area contributed by atoms with Crippen LogP contribution in [0.2, 0.25) is 0 Å². The van der Waals surface area contributed by atoms with Crippen LogP contribution in [0.5, 0.6) is 0 Å². The van der Waals surface area contributed by atoms with E-state index in [9.17, 15) is 4.79 Å². The predicted molar refractivity (Wildman–Crippen MR) is 96.6 cm³/mol. The Hall–Kier alpha value is -1.16. The fraction of sp³-hybridized carbons (Fsp3) is 0.667. The fourth-order valence-electron chi connectivity index (χ4n) is 2.33. The lowest BCUT2D eigenvalue weighted by Crippen LogP contribution is -2.16. The number of hydrazone groups is 1. The molecule has 0 radical (unpaired) electrons. The summed E-state index contributed by atoms with van der Waals surface area (Å²) >= 11 is 1.63. The average Bonchev–Trinajstić information content (AvgIpc) is 2.91. The molecule has 0 unspecified atom stereocenters. The summed E-state index contributed by atoms with van der Waals surface area (Å²) in [5.41, 5.74) is 3.81. The molecule has 0 aliphatic carbocycles. The topological polar surface area (TPSA) is 41.5 Å². The van der Waals surface area contributed by atoms with Crippen LogP contribution in [0.15, 0.2) is 16.5 Å². The number of nitrogens with zero attached hydrogens (tertiary/aromatic N) is 1. The second-order valence-electron chi connectivity index (χ2n) is 5.84. The van der Waals surface area contributed by atoms with Crippen molar-refractivity contribution in [2.75, 3.05) is 0 Å². The van der Waals surface area contributed by atoms with Crippen molar-refractivity contribution in [1.29, 1.82) is 0 Å². The van der Waals surface area contributed by atoms with Gasteiger partial charge in [0.25, 0.3) is 0 Å². The molecule has 0 atom stereocenters. The Kier molecular flexibility index (Phi) is 10.6. The van der Waals surface area contributed by atoms with Gasteiger partial charge in [-0.1, -0.05) is 58.3 Å². The molecule has 0 saturated heterocycles. The van der Waals surface area contributed by atoms with Crippen LogP contribution in [-0.2, 0) is 4.79 Å². The van der Waals surface area contributed by atoms with E-state index in [0.717, 1.165) is 17.7 Å². The molecule has 0 spiro atoms. The zero-order chi connectivity index (χ0) is 16.0. The van der Waals surface area contributed by atoms with Gasteiger partial charge in [-0.3, -0.25) is 4.79 Å². The molecule has 3 nitrogen and oxygen atoms in total. The number of thiophene rings is 1. The third kappa shape index (κ3) is 8.98. The molecule has 0 bridgehead atoms. The average molecular weight is 323 g/mol. The van der Waals surface area contributed by atoms with Crippen LogP contribution >= 0.6 is 11.3 Å². The summed E-state index contributed by atoms with van der Waals surface area (Å²) in [5.74, 6) is 0.0217. The van der Waals surface area contributed by atoms with Crippen LogP contribution in [0.25, 0.3) is 0 Å². The van der Waals surface area contributed by atoms with Gasteiger partial charge in [0.05, 0.1) is 6.21 Å². The summed E-state index contributed by atoms with van der Waals surface area (Å²) in [6.07, 6.45) is 13.7. The van der Waals surface area contributed by atoms with Gasteiger partial charge in [-0.2, -0.15) is 5.10 Å². The van der Waals surface area contributed by atoms with Gasteiger partial charge < -0.3 is 0 Å². The summed E-state index contributed by atoms with van der Waals surface area (Å²) in [5, 5.41) is 6.05. The number of rotatable bonds is 12. The van der Waals surface area contributed by atoms with Crippen molar-refractivity contribution in [3.05, 3.63) is 21.9 Å². The highest BCUT2D eigenvalue weighted by Gasteiger charge is 2.00. The summed E-state index contributed by atoms with van der Waals surface area (Å²) in [4.78, 5) is 12.7. The van der Waals surface area contributed by atoms with Gasteiger partial charge in [0.15, 0.2) is 0 Å². The van der Waals surface area contributed by atoms with Crippen LogP contribution < -0.4 is 5.43 Å². The molecule has 1 heterocycles. The number of amides is 1. The molecular weight excluding hydrogens is 292 g/mol. The fourth-order valence-corrected chi connectivity index (χ4v) is 3.12. The molecule has 1 aromatic heterocycles. The van der Waals surface area contributed by atoms with E-state index in [1.807, 2.05) is 12.3 Å². The second kappa shape index (κ2) is 12.4. The minimum absolute atomic E-state index is 0.0217. The lowest BCUT2D eigenvalue weighted by Gasteiger charge is -2.02. The summed E-state index contributed by atoms with van der Waals surface area (Å²) in [6, 6.07) is 2.05. The van der Waals surface area contributed by atoms with Crippen molar-refractivity contribution >= 4 is 23.5 Å². The van der Waals surface area contributed by atoms with Gasteiger partial charge >= 0.3 is 0 Å². The first-order valence-electron chi connectivity index (χ1n) is 8.60. The third-order valence-corrected chi connectivity index (χ3v) is 4.73. The van der Waals surface area contributed by atoms with Crippen molar-refractivity contribution in [2.45, 2.75) is 78.1 Å². The minimum atomic E-state index is 0.0217. The molecule has 124 valence electrons. The van der Waals surface area contributed by atoms with Gasteiger partial charge in [-0.05, 0) is 30.4 Å². The van der Waals surface area contributed by atoms with Gasteiger partial charge in [-0.25, -0.2) is 5.43 Å². The Morgan fingerprint density at radius 2 is 1.77 bits per heavy atom. The Bertz CT molecular complexity index is 440. The molecule has 22 heavy (non-hydrogen) atoms. The molecule has 0 aliphatic rings. The van der Waals surface area contributed by atoms with Crippen molar-refractivity contribution in [3.63, 3.8) is 0 Å². The quantitative estimate of drug-likeness (QED) is 0.311. The molecular formula is C18H30N2OS. The molecule has 0 aromatic carbocycles. The van der Waals surface area contributed by atoms with E-state index in [1.165, 1.54) is 50.5 Å². The van der Waals surface area contributed by atoms with E-state index in [2.05, 4.69) is 23.5 Å². The number of unbranched alkanes of at least 4 members (excludes halogenated alkanes) is 8. The molecule has 1 amide bonds. The second-order valence-corrected chi connectivity index (χ2v) is 6.79. The number of hydrogen-bond acceptors (Lipinski definition) is 3. The first-order chi connectivity index (χ1) is 10.7. The number of hydrogen-bond donors (Lipinski definition) is 1. The first-order valence-corrected chi connectivity index (χ1v) is 9.48. The Morgan fingerprint density at radius 3 is 2.36 bits per heavy atom. The van der Waals surface area contributed by atoms with E-state index in [0.29, 0.717) is 6.42 Å². The monoisotopic (exact) mass is 322 g/mol. The van der Waals surface area contributed by atoms with Crippen molar-refractivity contribution in [1.82, 2.24) is 5.43 Å². The largest absolute Gasteiger partial charge is 0.273 e. The number of carbonyl (C=O) groups excluding carboxylic acids is 1. The minimum Gasteiger partial charge on any atom is -0.273 e. The lowest BCUT2D eigenvalue weighted by molar-refractivity contribution is -0.121. The van der Waals surface area contributed by atoms with Crippen LogP contribution in [0.1, 0.15) is 81.6 Å². The van der Waals surface area contributed by atoms with E-state index >= 15 is 0 Å². The highest BCUT2D eigenvalue weighted by atomic mass is 32.1. The normalized spacial score (nSPS) is 11.2. The summed E-state index contributed by atoms with van der Waals surface area (Å²) in [6.45, 7) is 4.29. The van der Waals surface area contributed by atoms with Crippen molar-refractivity contribution in [3.8, 4) is 0 Å². The van der Waals surface area contributed by atoms with E-state index < -0.39 is 0 Å². The third-order valence-electron chi connectivity index (χ3n) is 3.78. The summed E-state index contributed by atoms with van der Waals surface area (Å²) in [7, 11) is 0. The van der Waals surface area contributed by atoms with Gasteiger partial charge in [-0.15, -0.1) is 11.3 Å². The highest BCUT2D eigenvalue weighted by Crippen LogP contribution is 2.12. The van der Waals surface area contributed by atoms with E-state index in [4.69, 9.17) is 0 Å². The first kappa shape index (κ1) is 18.9. The molecule has 0 saturated carbocycles. The van der Waals surface area contributed by atoms with Crippen molar-refractivity contribution < 1.29 is 4.79 Å². The SMILES string of the molecule is CCCCCCCCCCCC(=O)N/N=C/c1sccc1C. The van der Waals surface area contributed by atoms with Crippen LogP contribution in [-0.4, -0.2) is 12.1 Å². The van der Waals surface area contributed by atoms with Gasteiger partial charge in [0.1, 0.15) is 0 Å². The Balaban J connectivity index is 1.95. The van der Waals surface area contributed by atoms with Gasteiger partial charge in [0.2, 0.25) is 5.91 Å². The standard InChI is InChI=1S/C18H30N2OS/c1-3-4-5-6-7-8-9-10-11-12-18(21)20-19-15-17-16(2)13-14-22-17/h13-15H,3-12H2,1-2H3,(H,20,21)/b19-15+. The smallest absolute Gasteiger partial charge is 0.240 e. The Morgan fingerprint density at radius 1 is 1.14 bits per heavy atom. The number of nitrogens with one attached hydrogen (secondary N) is 1. The molecule has 4 heteroatoms. The van der Waals surface area contributed by atoms with Crippen LogP contribution in [0, 0.1) is 6.92 Å². The number of aryl methyl sites for hydroxylation is 1. The maximum atomic E-state index is 11.6. The van der Waals surface area contributed by atoms with Gasteiger partial charge in [0, 0.05) is 11.3 Å². The number of carbonyl (C=O) groups is 1. The van der Waals surface area contributed by atoms with Crippen molar-refractivity contribution in [2.24, 2.45) is 5.10 Å². The zero-order valence-corrected chi connectivity index (χ0v) is 14.9. The highest BCUT2D eigenvalue weighted by molar-refractivity contribution is 7.11.